The first kappa shape index (κ1) is 13.3. The Morgan fingerprint density at radius 3 is 2.33 bits per heavy atom. The number of ether oxygens (including phenoxy) is 2. The Morgan fingerprint density at radius 2 is 1.87 bits per heavy atom. The van der Waals surface area contributed by atoms with E-state index in [4.69, 9.17) is 4.74 Å². The van der Waals surface area contributed by atoms with Crippen LogP contribution < -0.4 is 4.74 Å². The summed E-state index contributed by atoms with van der Waals surface area (Å²) in [6.07, 6.45) is 0. The molecule has 0 unspecified atom stereocenters. The predicted octanol–water partition coefficient (Wildman–Crippen LogP) is 2.21. The molecule has 1 aromatic carbocycles. The maximum atomic E-state index is 11.0. The number of carbonyl (C=O) groups excluding carboxylic acids is 1. The second kappa shape index (κ2) is 6.70. The van der Waals surface area contributed by atoms with Crippen molar-refractivity contribution < 1.29 is 19.4 Å². The molecule has 0 heterocycles. The smallest absolute Gasteiger partial charge is 0.337 e. The minimum absolute atomic E-state index is 0.00449. The first-order valence-electron chi connectivity index (χ1n) is 4.64. The van der Waals surface area contributed by atoms with Crippen molar-refractivity contribution in [2.75, 3.05) is 14.2 Å². The molecule has 0 aliphatic heterocycles. The SMILES string of the molecule is CC.COC(=O)c1ccc(O)c(OC)c1. The van der Waals surface area contributed by atoms with E-state index in [1.165, 1.54) is 32.4 Å². The fourth-order valence-electron chi connectivity index (χ4n) is 0.922. The summed E-state index contributed by atoms with van der Waals surface area (Å²) in [7, 11) is 2.71. The van der Waals surface area contributed by atoms with Gasteiger partial charge in [-0.2, -0.15) is 0 Å². The Labute approximate surface area is 89.4 Å². The average molecular weight is 212 g/mol. The maximum Gasteiger partial charge on any atom is 0.337 e. The fraction of sp³-hybridized carbons (Fsp3) is 0.364. The number of rotatable bonds is 2. The van der Waals surface area contributed by atoms with E-state index in [1.54, 1.807) is 0 Å². The number of aromatic hydroxyl groups is 1. The van der Waals surface area contributed by atoms with Gasteiger partial charge in [0.05, 0.1) is 19.8 Å². The number of esters is 1. The van der Waals surface area contributed by atoms with Crippen molar-refractivity contribution in [2.24, 2.45) is 0 Å². The van der Waals surface area contributed by atoms with Crippen molar-refractivity contribution in [3.05, 3.63) is 23.8 Å². The van der Waals surface area contributed by atoms with Crippen LogP contribution in [0.2, 0.25) is 0 Å². The van der Waals surface area contributed by atoms with Gasteiger partial charge >= 0.3 is 5.97 Å². The van der Waals surface area contributed by atoms with E-state index in [-0.39, 0.29) is 11.5 Å². The monoisotopic (exact) mass is 212 g/mol. The summed E-state index contributed by atoms with van der Waals surface area (Å²) in [5.41, 5.74) is 0.345. The summed E-state index contributed by atoms with van der Waals surface area (Å²) in [5, 5.41) is 9.21. The molecule has 1 aromatic rings. The third-order valence-corrected chi connectivity index (χ3v) is 1.60. The van der Waals surface area contributed by atoms with Crippen LogP contribution in [0.1, 0.15) is 24.2 Å². The number of benzene rings is 1. The normalized spacial score (nSPS) is 8.53. The Bertz CT molecular complexity index is 320. The molecule has 0 amide bonds. The highest BCUT2D eigenvalue weighted by atomic mass is 16.5. The van der Waals surface area contributed by atoms with Crippen molar-refractivity contribution in [3.63, 3.8) is 0 Å². The van der Waals surface area contributed by atoms with Crippen LogP contribution in [0, 0.1) is 0 Å². The molecule has 0 saturated heterocycles. The van der Waals surface area contributed by atoms with Gasteiger partial charge in [0.25, 0.3) is 0 Å². The van der Waals surface area contributed by atoms with Gasteiger partial charge in [0, 0.05) is 0 Å². The molecule has 1 N–H and O–H groups in total. The molecule has 0 spiro atoms. The highest BCUT2D eigenvalue weighted by molar-refractivity contribution is 5.90. The topological polar surface area (TPSA) is 55.8 Å². The van der Waals surface area contributed by atoms with Crippen molar-refractivity contribution >= 4 is 5.97 Å². The van der Waals surface area contributed by atoms with Gasteiger partial charge in [0.2, 0.25) is 0 Å². The lowest BCUT2D eigenvalue weighted by Crippen LogP contribution is -2.01. The summed E-state index contributed by atoms with van der Waals surface area (Å²) < 4.78 is 9.32. The summed E-state index contributed by atoms with van der Waals surface area (Å²) in [6, 6.07) is 4.26. The summed E-state index contributed by atoms with van der Waals surface area (Å²) in [4.78, 5) is 11.0. The summed E-state index contributed by atoms with van der Waals surface area (Å²) in [5.74, 6) is -0.212. The highest BCUT2D eigenvalue weighted by Crippen LogP contribution is 2.26. The molecule has 4 nitrogen and oxygen atoms in total. The molecule has 84 valence electrons. The van der Waals surface area contributed by atoms with Crippen molar-refractivity contribution in [3.8, 4) is 11.5 Å². The standard InChI is InChI=1S/C9H10O4.C2H6/c1-12-8-5-6(9(11)13-2)3-4-7(8)10;1-2/h3-5,10H,1-2H3;1-2H3. The molecule has 0 aromatic heterocycles. The van der Waals surface area contributed by atoms with Gasteiger partial charge in [-0.1, -0.05) is 13.8 Å². The van der Waals surface area contributed by atoms with E-state index in [0.29, 0.717) is 5.56 Å². The quantitative estimate of drug-likeness (QED) is 0.763. The van der Waals surface area contributed by atoms with Crippen molar-refractivity contribution in [1.29, 1.82) is 0 Å². The molecule has 0 fully saturated rings. The average Bonchev–Trinajstić information content (AvgIpc) is 2.31. The van der Waals surface area contributed by atoms with Crippen LogP contribution in [0.15, 0.2) is 18.2 Å². The van der Waals surface area contributed by atoms with Gasteiger partial charge in [-0.3, -0.25) is 0 Å². The van der Waals surface area contributed by atoms with Gasteiger partial charge in [0.15, 0.2) is 11.5 Å². The second-order valence-electron chi connectivity index (χ2n) is 2.38. The zero-order valence-electron chi connectivity index (χ0n) is 9.40. The van der Waals surface area contributed by atoms with E-state index in [1.807, 2.05) is 13.8 Å². The van der Waals surface area contributed by atoms with E-state index in [2.05, 4.69) is 4.74 Å². The molecule has 0 bridgehead atoms. The van der Waals surface area contributed by atoms with Gasteiger partial charge in [-0.25, -0.2) is 4.79 Å². The molecule has 0 aliphatic rings. The molecular weight excluding hydrogens is 196 g/mol. The number of carbonyl (C=O) groups is 1. The zero-order valence-corrected chi connectivity index (χ0v) is 9.40. The van der Waals surface area contributed by atoms with Crippen LogP contribution in [-0.2, 0) is 4.74 Å². The highest BCUT2D eigenvalue weighted by Gasteiger charge is 2.08. The van der Waals surface area contributed by atoms with Crippen LogP contribution in [-0.4, -0.2) is 25.3 Å². The molecule has 0 atom stereocenters. The first-order chi connectivity index (χ1) is 7.19. The minimum Gasteiger partial charge on any atom is -0.504 e. The zero-order chi connectivity index (χ0) is 11.8. The second-order valence-corrected chi connectivity index (χ2v) is 2.38. The molecule has 1 rings (SSSR count). The third kappa shape index (κ3) is 3.50. The molecule has 0 saturated carbocycles. The largest absolute Gasteiger partial charge is 0.504 e. The number of hydrogen-bond acceptors (Lipinski definition) is 4. The molecule has 0 aliphatic carbocycles. The Hall–Kier alpha value is -1.71. The molecular formula is C11H16O4. The lowest BCUT2D eigenvalue weighted by Gasteiger charge is -2.04. The lowest BCUT2D eigenvalue weighted by atomic mass is 10.2. The van der Waals surface area contributed by atoms with E-state index in [9.17, 15) is 9.90 Å². The molecule has 0 radical (unpaired) electrons. The Morgan fingerprint density at radius 1 is 1.27 bits per heavy atom. The molecule has 15 heavy (non-hydrogen) atoms. The third-order valence-electron chi connectivity index (χ3n) is 1.60. The van der Waals surface area contributed by atoms with Gasteiger partial charge in [0.1, 0.15) is 0 Å². The first-order valence-corrected chi connectivity index (χ1v) is 4.64. The number of hydrogen-bond donors (Lipinski definition) is 1. The van der Waals surface area contributed by atoms with Crippen LogP contribution in [0.5, 0.6) is 11.5 Å². The van der Waals surface area contributed by atoms with E-state index >= 15 is 0 Å². The van der Waals surface area contributed by atoms with E-state index in [0.717, 1.165) is 0 Å². The number of phenols is 1. The van der Waals surface area contributed by atoms with Gasteiger partial charge < -0.3 is 14.6 Å². The number of methoxy groups -OCH3 is 2. The van der Waals surface area contributed by atoms with Crippen molar-refractivity contribution in [1.82, 2.24) is 0 Å². The summed E-state index contributed by atoms with van der Waals surface area (Å²) in [6.45, 7) is 4.00. The van der Waals surface area contributed by atoms with E-state index < -0.39 is 5.97 Å². The fourth-order valence-corrected chi connectivity index (χ4v) is 0.922. The maximum absolute atomic E-state index is 11.0. The van der Waals surface area contributed by atoms with Crippen LogP contribution in [0.25, 0.3) is 0 Å². The van der Waals surface area contributed by atoms with Crippen LogP contribution in [0.4, 0.5) is 0 Å². The summed E-state index contributed by atoms with van der Waals surface area (Å²) >= 11 is 0. The number of phenolic OH excluding ortho intramolecular Hbond substituents is 1. The molecule has 4 heteroatoms. The minimum atomic E-state index is -0.460. The predicted molar refractivity (Wildman–Crippen MR) is 57.3 cm³/mol. The van der Waals surface area contributed by atoms with Gasteiger partial charge in [-0.15, -0.1) is 0 Å². The Balaban J connectivity index is 0.000000921. The van der Waals surface area contributed by atoms with Crippen LogP contribution in [0.3, 0.4) is 0 Å². The van der Waals surface area contributed by atoms with Crippen molar-refractivity contribution in [2.45, 2.75) is 13.8 Å². The Kier molecular flexibility index (Phi) is 5.94. The van der Waals surface area contributed by atoms with Crippen LogP contribution >= 0.6 is 0 Å². The van der Waals surface area contributed by atoms with Gasteiger partial charge in [-0.05, 0) is 18.2 Å². The lowest BCUT2D eigenvalue weighted by molar-refractivity contribution is 0.0600.